The van der Waals surface area contributed by atoms with Crippen LogP contribution in [-0.4, -0.2) is 26.1 Å². The maximum Gasteiger partial charge on any atom is 0.358 e. The van der Waals surface area contributed by atoms with Crippen LogP contribution < -0.4 is 0 Å². The highest BCUT2D eigenvalue weighted by atomic mass is 35.5. The zero-order valence-electron chi connectivity index (χ0n) is 12.0. The molecule has 0 fully saturated rings. The molecule has 0 unspecified atom stereocenters. The van der Waals surface area contributed by atoms with Crippen molar-refractivity contribution in [2.24, 2.45) is 0 Å². The number of nitrogens with zero attached hydrogens (tertiary/aromatic N) is 3. The number of rotatable bonds is 3. The Labute approximate surface area is 135 Å². The first-order chi connectivity index (χ1) is 11.0. The molecule has 0 bridgehead atoms. The Bertz CT molecular complexity index is 891. The molecule has 5 nitrogen and oxygen atoms in total. The van der Waals surface area contributed by atoms with Gasteiger partial charge in [0.05, 0.1) is 5.69 Å². The van der Waals surface area contributed by atoms with Gasteiger partial charge in [-0.2, -0.15) is 0 Å². The van der Waals surface area contributed by atoms with E-state index in [2.05, 4.69) is 10.3 Å². The zero-order chi connectivity index (χ0) is 16.6. The third-order valence-electron chi connectivity index (χ3n) is 3.39. The summed E-state index contributed by atoms with van der Waals surface area (Å²) in [6.07, 6.45) is 0. The van der Waals surface area contributed by atoms with E-state index in [9.17, 15) is 14.3 Å². The number of carbonyl (C=O) groups is 1. The van der Waals surface area contributed by atoms with Gasteiger partial charge >= 0.3 is 5.97 Å². The molecular formula is C16H11ClFN3O2. The van der Waals surface area contributed by atoms with Crippen molar-refractivity contribution in [3.63, 3.8) is 0 Å². The topological polar surface area (TPSA) is 68.0 Å². The summed E-state index contributed by atoms with van der Waals surface area (Å²) in [4.78, 5) is 11.4. The molecule has 0 atom stereocenters. The van der Waals surface area contributed by atoms with Crippen LogP contribution in [0.2, 0.25) is 5.02 Å². The summed E-state index contributed by atoms with van der Waals surface area (Å²) in [5, 5.41) is 17.5. The van der Waals surface area contributed by atoms with Gasteiger partial charge in [-0.05, 0) is 36.8 Å². The average Bonchev–Trinajstić information content (AvgIpc) is 2.95. The highest BCUT2D eigenvalue weighted by Gasteiger charge is 2.22. The largest absolute Gasteiger partial charge is 0.476 e. The van der Waals surface area contributed by atoms with E-state index in [-0.39, 0.29) is 11.4 Å². The van der Waals surface area contributed by atoms with Gasteiger partial charge in [-0.1, -0.05) is 35.0 Å². The molecule has 3 aromatic rings. The van der Waals surface area contributed by atoms with Crippen LogP contribution in [0, 0.1) is 12.7 Å². The van der Waals surface area contributed by atoms with Crippen molar-refractivity contribution in [2.75, 3.05) is 0 Å². The van der Waals surface area contributed by atoms with Crippen molar-refractivity contribution in [1.29, 1.82) is 0 Å². The van der Waals surface area contributed by atoms with Gasteiger partial charge in [-0.3, -0.25) is 0 Å². The van der Waals surface area contributed by atoms with Crippen molar-refractivity contribution >= 4 is 17.6 Å². The van der Waals surface area contributed by atoms with E-state index in [4.69, 9.17) is 11.6 Å². The fraction of sp³-hybridized carbons (Fsp3) is 0.0625. The third-order valence-corrected chi connectivity index (χ3v) is 3.64. The number of hydrogen-bond donors (Lipinski definition) is 1. The monoisotopic (exact) mass is 331 g/mol. The fourth-order valence-electron chi connectivity index (χ4n) is 2.27. The van der Waals surface area contributed by atoms with E-state index in [0.717, 1.165) is 5.56 Å². The van der Waals surface area contributed by atoms with Crippen molar-refractivity contribution in [3.05, 3.63) is 64.6 Å². The summed E-state index contributed by atoms with van der Waals surface area (Å²) in [5.41, 5.74) is 1.79. The second-order valence-electron chi connectivity index (χ2n) is 4.94. The van der Waals surface area contributed by atoms with Crippen molar-refractivity contribution in [1.82, 2.24) is 15.0 Å². The van der Waals surface area contributed by atoms with Gasteiger partial charge in [0.25, 0.3) is 0 Å². The van der Waals surface area contributed by atoms with E-state index in [1.165, 1.54) is 16.8 Å². The molecule has 23 heavy (non-hydrogen) atoms. The Kier molecular flexibility index (Phi) is 3.83. The summed E-state index contributed by atoms with van der Waals surface area (Å²) in [5.74, 6) is -1.66. The number of aromatic carboxylic acids is 1. The molecule has 2 aromatic carbocycles. The predicted octanol–water partition coefficient (Wildman–Crippen LogP) is 3.73. The maximum atomic E-state index is 13.6. The predicted molar refractivity (Wildman–Crippen MR) is 83.5 cm³/mol. The normalized spacial score (nSPS) is 10.7. The lowest BCUT2D eigenvalue weighted by Crippen LogP contribution is -2.05. The van der Waals surface area contributed by atoms with Gasteiger partial charge in [0.1, 0.15) is 11.5 Å². The molecule has 0 spiro atoms. The van der Waals surface area contributed by atoms with E-state index in [0.29, 0.717) is 16.3 Å². The van der Waals surface area contributed by atoms with Crippen LogP contribution in [0.25, 0.3) is 16.9 Å². The second kappa shape index (κ2) is 5.81. The van der Waals surface area contributed by atoms with Crippen LogP contribution in [0.4, 0.5) is 4.39 Å². The van der Waals surface area contributed by atoms with Gasteiger partial charge < -0.3 is 5.11 Å². The van der Waals surface area contributed by atoms with Crippen molar-refractivity contribution in [2.45, 2.75) is 6.92 Å². The fourth-order valence-corrected chi connectivity index (χ4v) is 2.40. The Morgan fingerprint density at radius 2 is 1.91 bits per heavy atom. The smallest absolute Gasteiger partial charge is 0.358 e. The summed E-state index contributed by atoms with van der Waals surface area (Å²) in [6, 6.07) is 10.8. The first kappa shape index (κ1) is 15.2. The molecule has 0 saturated heterocycles. The molecule has 1 heterocycles. The number of carboxylic acid groups (broad SMARTS) is 1. The molecule has 0 aliphatic rings. The first-order valence-corrected chi connectivity index (χ1v) is 7.06. The first-order valence-electron chi connectivity index (χ1n) is 6.69. The number of halogens is 2. The van der Waals surface area contributed by atoms with Crippen LogP contribution in [0.3, 0.4) is 0 Å². The Hall–Kier alpha value is -2.73. The molecule has 0 amide bonds. The standard InChI is InChI=1S/C16H11ClFN3O2/c1-9-2-7-12(18)8-13(9)21-15(14(16(22)23)19-20-21)10-3-5-11(17)6-4-10/h2-8H,1H3,(H,22,23). The molecule has 7 heteroatoms. The molecule has 0 saturated carbocycles. The van der Waals surface area contributed by atoms with Crippen LogP contribution >= 0.6 is 11.6 Å². The van der Waals surface area contributed by atoms with Crippen molar-refractivity contribution < 1.29 is 14.3 Å². The minimum absolute atomic E-state index is 0.212. The van der Waals surface area contributed by atoms with Gasteiger partial charge in [0, 0.05) is 10.6 Å². The maximum absolute atomic E-state index is 13.6. The lowest BCUT2D eigenvalue weighted by molar-refractivity contribution is 0.0691. The quantitative estimate of drug-likeness (QED) is 0.794. The van der Waals surface area contributed by atoms with Crippen LogP contribution in [0.5, 0.6) is 0 Å². The number of benzene rings is 2. The molecule has 116 valence electrons. The number of aromatic nitrogens is 3. The van der Waals surface area contributed by atoms with Crippen molar-refractivity contribution in [3.8, 4) is 16.9 Å². The van der Waals surface area contributed by atoms with Gasteiger partial charge in [0.15, 0.2) is 5.69 Å². The van der Waals surface area contributed by atoms with E-state index in [1.807, 2.05) is 0 Å². The number of hydrogen-bond acceptors (Lipinski definition) is 3. The molecular weight excluding hydrogens is 321 g/mol. The average molecular weight is 332 g/mol. The van der Waals surface area contributed by atoms with Crippen LogP contribution in [0.1, 0.15) is 16.1 Å². The summed E-state index contributed by atoms with van der Waals surface area (Å²) in [6.45, 7) is 1.78. The van der Waals surface area contributed by atoms with Gasteiger partial charge in [-0.15, -0.1) is 5.10 Å². The Balaban J connectivity index is 2.28. The minimum Gasteiger partial charge on any atom is -0.476 e. The van der Waals surface area contributed by atoms with E-state index >= 15 is 0 Å². The summed E-state index contributed by atoms with van der Waals surface area (Å²) in [7, 11) is 0. The number of aryl methyl sites for hydroxylation is 1. The Morgan fingerprint density at radius 1 is 1.22 bits per heavy atom. The zero-order valence-corrected chi connectivity index (χ0v) is 12.8. The second-order valence-corrected chi connectivity index (χ2v) is 5.38. The number of carboxylic acids is 1. The molecule has 1 aromatic heterocycles. The lowest BCUT2D eigenvalue weighted by Gasteiger charge is -2.10. The lowest BCUT2D eigenvalue weighted by atomic mass is 10.1. The molecule has 0 aliphatic heterocycles. The SMILES string of the molecule is Cc1ccc(F)cc1-n1nnc(C(=O)O)c1-c1ccc(Cl)cc1. The van der Waals surface area contributed by atoms with E-state index < -0.39 is 11.8 Å². The molecule has 3 rings (SSSR count). The Morgan fingerprint density at radius 3 is 2.57 bits per heavy atom. The van der Waals surface area contributed by atoms with Gasteiger partial charge in [-0.25, -0.2) is 13.9 Å². The minimum atomic E-state index is -1.21. The molecule has 1 N–H and O–H groups in total. The third kappa shape index (κ3) is 2.80. The van der Waals surface area contributed by atoms with Crippen LogP contribution in [-0.2, 0) is 0 Å². The van der Waals surface area contributed by atoms with Crippen LogP contribution in [0.15, 0.2) is 42.5 Å². The highest BCUT2D eigenvalue weighted by Crippen LogP contribution is 2.28. The summed E-state index contributed by atoms with van der Waals surface area (Å²) < 4.78 is 14.9. The van der Waals surface area contributed by atoms with E-state index in [1.54, 1.807) is 37.3 Å². The van der Waals surface area contributed by atoms with Gasteiger partial charge in [0.2, 0.25) is 0 Å². The highest BCUT2D eigenvalue weighted by molar-refractivity contribution is 6.30. The molecule has 0 aliphatic carbocycles. The summed E-state index contributed by atoms with van der Waals surface area (Å²) >= 11 is 5.87. The molecule has 0 radical (unpaired) electrons.